The van der Waals surface area contributed by atoms with Crippen molar-refractivity contribution in [1.82, 2.24) is 30.0 Å². The fourth-order valence-corrected chi connectivity index (χ4v) is 4.51. The zero-order chi connectivity index (χ0) is 21.5. The molecule has 0 radical (unpaired) electrons. The molecule has 2 fully saturated rings. The third-order valence-electron chi connectivity index (χ3n) is 6.39. The van der Waals surface area contributed by atoms with Crippen LogP contribution in [0.15, 0.2) is 30.6 Å². The SMILES string of the molecule is CNC(=O)c1cc(C2CC2)nc2c1c(C1CCN(C(=O)c3cccnc3)CC1)nn2C. The van der Waals surface area contributed by atoms with Crippen LogP contribution in [0.2, 0.25) is 0 Å². The number of carbonyl (C=O) groups excluding carboxylic acids is 2. The van der Waals surface area contributed by atoms with Crippen LogP contribution in [0.25, 0.3) is 11.0 Å². The summed E-state index contributed by atoms with van der Waals surface area (Å²) >= 11 is 0. The molecule has 0 aromatic carbocycles. The molecule has 1 aliphatic carbocycles. The number of rotatable bonds is 4. The number of amides is 2. The number of hydrogen-bond acceptors (Lipinski definition) is 5. The second-order valence-corrected chi connectivity index (χ2v) is 8.46. The maximum Gasteiger partial charge on any atom is 0.255 e. The topological polar surface area (TPSA) is 93.0 Å². The number of aryl methyl sites for hydroxylation is 1. The van der Waals surface area contributed by atoms with Crippen molar-refractivity contribution < 1.29 is 9.59 Å². The van der Waals surface area contributed by atoms with Crippen LogP contribution in [-0.2, 0) is 7.05 Å². The summed E-state index contributed by atoms with van der Waals surface area (Å²) < 4.78 is 1.80. The zero-order valence-corrected chi connectivity index (χ0v) is 17.8. The summed E-state index contributed by atoms with van der Waals surface area (Å²) in [4.78, 5) is 36.3. The molecule has 0 unspecified atom stereocenters. The quantitative estimate of drug-likeness (QED) is 0.703. The summed E-state index contributed by atoms with van der Waals surface area (Å²) in [5.74, 6) is 0.540. The molecule has 8 nitrogen and oxygen atoms in total. The second-order valence-electron chi connectivity index (χ2n) is 8.46. The smallest absolute Gasteiger partial charge is 0.255 e. The fourth-order valence-electron chi connectivity index (χ4n) is 4.51. The maximum absolute atomic E-state index is 12.8. The Balaban J connectivity index is 1.44. The van der Waals surface area contributed by atoms with E-state index in [1.165, 1.54) is 0 Å². The molecule has 1 N–H and O–H groups in total. The van der Waals surface area contributed by atoms with Crippen LogP contribution < -0.4 is 5.32 Å². The van der Waals surface area contributed by atoms with Gasteiger partial charge in [0.25, 0.3) is 11.8 Å². The number of nitrogens with one attached hydrogen (secondary N) is 1. The summed E-state index contributed by atoms with van der Waals surface area (Å²) in [7, 11) is 3.55. The first-order valence-corrected chi connectivity index (χ1v) is 10.9. The zero-order valence-electron chi connectivity index (χ0n) is 17.8. The molecule has 0 atom stereocenters. The van der Waals surface area contributed by atoms with Crippen LogP contribution in [0, 0.1) is 0 Å². The van der Waals surface area contributed by atoms with Crippen molar-refractivity contribution in [3.63, 3.8) is 0 Å². The fraction of sp³-hybridized carbons (Fsp3) is 0.435. The first-order valence-electron chi connectivity index (χ1n) is 10.9. The maximum atomic E-state index is 12.8. The lowest BCUT2D eigenvalue weighted by Crippen LogP contribution is -2.38. The third kappa shape index (κ3) is 3.56. The van der Waals surface area contributed by atoms with E-state index in [0.29, 0.717) is 30.1 Å². The molecule has 2 amide bonds. The van der Waals surface area contributed by atoms with E-state index in [1.54, 1.807) is 36.3 Å². The molecule has 1 saturated carbocycles. The predicted molar refractivity (Wildman–Crippen MR) is 116 cm³/mol. The van der Waals surface area contributed by atoms with Crippen LogP contribution in [0.5, 0.6) is 0 Å². The number of hydrogen-bond donors (Lipinski definition) is 1. The van der Waals surface area contributed by atoms with Crippen molar-refractivity contribution in [1.29, 1.82) is 0 Å². The van der Waals surface area contributed by atoms with E-state index in [2.05, 4.69) is 10.3 Å². The molecular weight excluding hydrogens is 392 g/mol. The summed E-state index contributed by atoms with van der Waals surface area (Å²) in [5, 5.41) is 8.43. The lowest BCUT2D eigenvalue weighted by Gasteiger charge is -2.31. The van der Waals surface area contributed by atoms with E-state index in [9.17, 15) is 9.59 Å². The van der Waals surface area contributed by atoms with Gasteiger partial charge >= 0.3 is 0 Å². The molecule has 8 heteroatoms. The number of pyridine rings is 2. The minimum Gasteiger partial charge on any atom is -0.355 e. The predicted octanol–water partition coefficient (Wildman–Crippen LogP) is 2.62. The minimum absolute atomic E-state index is 0.0132. The molecule has 0 spiro atoms. The highest BCUT2D eigenvalue weighted by atomic mass is 16.2. The van der Waals surface area contributed by atoms with Gasteiger partial charge in [-0.2, -0.15) is 5.10 Å². The molecule has 3 aromatic heterocycles. The van der Waals surface area contributed by atoms with Gasteiger partial charge in [0, 0.05) is 57.1 Å². The number of piperidine rings is 1. The first-order chi connectivity index (χ1) is 15.1. The summed E-state index contributed by atoms with van der Waals surface area (Å²) in [5.41, 5.74) is 3.94. The van der Waals surface area contributed by atoms with E-state index in [-0.39, 0.29) is 17.7 Å². The molecule has 5 rings (SSSR count). The normalized spacial score (nSPS) is 17.2. The highest BCUT2D eigenvalue weighted by molar-refractivity contribution is 6.06. The van der Waals surface area contributed by atoms with Gasteiger partial charge in [0.15, 0.2) is 5.65 Å². The van der Waals surface area contributed by atoms with Crippen LogP contribution >= 0.6 is 0 Å². The summed E-state index contributed by atoms with van der Waals surface area (Å²) in [6.45, 7) is 1.30. The van der Waals surface area contributed by atoms with Gasteiger partial charge < -0.3 is 10.2 Å². The minimum atomic E-state index is -0.104. The van der Waals surface area contributed by atoms with E-state index in [1.807, 2.05) is 18.0 Å². The van der Waals surface area contributed by atoms with Gasteiger partial charge in [0.2, 0.25) is 0 Å². The number of carbonyl (C=O) groups is 2. The van der Waals surface area contributed by atoms with Gasteiger partial charge in [0.1, 0.15) is 0 Å². The average molecular weight is 419 g/mol. The lowest BCUT2D eigenvalue weighted by molar-refractivity contribution is 0.0711. The largest absolute Gasteiger partial charge is 0.355 e. The highest BCUT2D eigenvalue weighted by Crippen LogP contribution is 2.41. The van der Waals surface area contributed by atoms with Crippen LogP contribution in [0.1, 0.15) is 69.6 Å². The molecule has 1 aliphatic heterocycles. The Kier molecular flexibility index (Phi) is 4.92. The Morgan fingerprint density at radius 2 is 1.90 bits per heavy atom. The Morgan fingerprint density at radius 1 is 1.13 bits per heavy atom. The van der Waals surface area contributed by atoms with Crippen molar-refractivity contribution in [3.05, 3.63) is 53.1 Å². The standard InChI is InChI=1S/C23H26N6O2/c1-24-22(30)17-12-18(14-5-6-14)26-21-19(17)20(27-28(21)2)15-7-10-29(11-8-15)23(31)16-4-3-9-25-13-16/h3-4,9,12-15H,5-8,10-11H2,1-2H3,(H,24,30). The number of fused-ring (bicyclic) bond motifs is 1. The van der Waals surface area contributed by atoms with Gasteiger partial charge in [-0.3, -0.25) is 19.3 Å². The average Bonchev–Trinajstić information content (AvgIpc) is 3.62. The van der Waals surface area contributed by atoms with Gasteiger partial charge in [-0.1, -0.05) is 0 Å². The van der Waals surface area contributed by atoms with Gasteiger partial charge in [-0.15, -0.1) is 0 Å². The van der Waals surface area contributed by atoms with E-state index in [4.69, 9.17) is 10.1 Å². The van der Waals surface area contributed by atoms with Crippen molar-refractivity contribution in [2.75, 3.05) is 20.1 Å². The molecular formula is C23H26N6O2. The third-order valence-corrected chi connectivity index (χ3v) is 6.39. The van der Waals surface area contributed by atoms with E-state index in [0.717, 1.165) is 48.1 Å². The van der Waals surface area contributed by atoms with Crippen LogP contribution in [0.4, 0.5) is 0 Å². The van der Waals surface area contributed by atoms with Crippen molar-refractivity contribution >= 4 is 22.8 Å². The van der Waals surface area contributed by atoms with Gasteiger partial charge in [-0.25, -0.2) is 4.98 Å². The highest BCUT2D eigenvalue weighted by Gasteiger charge is 2.32. The Morgan fingerprint density at radius 3 is 2.55 bits per heavy atom. The Bertz CT molecular complexity index is 1140. The first kappa shape index (κ1) is 19.7. The van der Waals surface area contributed by atoms with Crippen molar-refractivity contribution in [2.45, 2.75) is 37.5 Å². The number of aromatic nitrogens is 4. The summed E-state index contributed by atoms with van der Waals surface area (Å²) in [6, 6.07) is 5.53. The molecule has 4 heterocycles. The van der Waals surface area contributed by atoms with Gasteiger partial charge in [-0.05, 0) is 43.9 Å². The Labute approximate surface area is 180 Å². The monoisotopic (exact) mass is 418 g/mol. The Hall–Kier alpha value is -3.29. The van der Waals surface area contributed by atoms with Gasteiger partial charge in [0.05, 0.1) is 22.2 Å². The van der Waals surface area contributed by atoms with E-state index < -0.39 is 0 Å². The molecule has 1 saturated heterocycles. The van der Waals surface area contributed by atoms with Crippen LogP contribution in [0.3, 0.4) is 0 Å². The molecule has 2 aliphatic rings. The number of likely N-dealkylation sites (tertiary alicyclic amines) is 1. The van der Waals surface area contributed by atoms with E-state index >= 15 is 0 Å². The van der Waals surface area contributed by atoms with Crippen molar-refractivity contribution in [3.8, 4) is 0 Å². The molecule has 0 bridgehead atoms. The molecule has 31 heavy (non-hydrogen) atoms. The van der Waals surface area contributed by atoms with Crippen LogP contribution in [-0.4, -0.2) is 56.6 Å². The lowest BCUT2D eigenvalue weighted by atomic mass is 9.90. The molecule has 160 valence electrons. The molecule has 3 aromatic rings. The second kappa shape index (κ2) is 7.76. The summed E-state index contributed by atoms with van der Waals surface area (Å²) in [6.07, 6.45) is 7.13. The number of nitrogens with zero attached hydrogens (tertiary/aromatic N) is 5. The van der Waals surface area contributed by atoms with Crippen molar-refractivity contribution in [2.24, 2.45) is 7.05 Å².